The lowest BCUT2D eigenvalue weighted by Gasteiger charge is -2.32. The van der Waals surface area contributed by atoms with Crippen LogP contribution in [0.2, 0.25) is 0 Å². The van der Waals surface area contributed by atoms with Crippen LogP contribution in [0.3, 0.4) is 0 Å². The average Bonchev–Trinajstić information content (AvgIpc) is 3.37. The zero-order chi connectivity index (χ0) is 26.8. The first-order valence-corrected chi connectivity index (χ1v) is 13.1. The quantitative estimate of drug-likeness (QED) is 0.287. The summed E-state index contributed by atoms with van der Waals surface area (Å²) in [6.07, 6.45) is 5.83. The molecule has 2 heterocycles. The van der Waals surface area contributed by atoms with E-state index in [0.29, 0.717) is 30.1 Å². The van der Waals surface area contributed by atoms with Crippen molar-refractivity contribution in [2.24, 2.45) is 7.05 Å². The van der Waals surface area contributed by atoms with E-state index in [1.54, 1.807) is 17.7 Å². The number of halogens is 1. The lowest BCUT2D eigenvalue weighted by molar-refractivity contribution is 0.0712. The Bertz CT molecular complexity index is 1480. The van der Waals surface area contributed by atoms with Crippen LogP contribution >= 0.6 is 0 Å². The summed E-state index contributed by atoms with van der Waals surface area (Å²) in [5.74, 6) is -0.161. The van der Waals surface area contributed by atoms with Crippen molar-refractivity contribution in [2.45, 2.75) is 39.0 Å². The molecule has 1 aliphatic heterocycles. The van der Waals surface area contributed by atoms with Gasteiger partial charge in [-0.2, -0.15) is 5.10 Å². The highest BCUT2D eigenvalue weighted by Crippen LogP contribution is 2.30. The number of piperidine rings is 1. The molecule has 194 valence electrons. The van der Waals surface area contributed by atoms with Gasteiger partial charge in [0, 0.05) is 49.4 Å². The molecule has 4 aromatic rings. The molecule has 1 aromatic heterocycles. The van der Waals surface area contributed by atoms with E-state index in [-0.39, 0.29) is 18.1 Å². The number of nitrogens with zero attached hydrogens (tertiary/aromatic N) is 3. The number of hydrogen-bond donors (Lipinski definition) is 0. The molecule has 0 spiro atoms. The predicted molar refractivity (Wildman–Crippen MR) is 147 cm³/mol. The van der Waals surface area contributed by atoms with Gasteiger partial charge in [-0.1, -0.05) is 36.4 Å². The molecule has 1 amide bonds. The van der Waals surface area contributed by atoms with Gasteiger partial charge in [-0.05, 0) is 84.7 Å². The van der Waals surface area contributed by atoms with Crippen LogP contribution in [0.25, 0.3) is 11.1 Å². The van der Waals surface area contributed by atoms with E-state index >= 15 is 0 Å². The van der Waals surface area contributed by atoms with Crippen LogP contribution in [0.5, 0.6) is 0 Å². The van der Waals surface area contributed by atoms with Gasteiger partial charge in [0.1, 0.15) is 5.82 Å². The first-order valence-electron chi connectivity index (χ1n) is 13.1. The van der Waals surface area contributed by atoms with Gasteiger partial charge in [0.2, 0.25) is 0 Å². The molecule has 0 bridgehead atoms. The number of benzene rings is 3. The van der Waals surface area contributed by atoms with E-state index in [0.717, 1.165) is 40.7 Å². The molecule has 0 atom stereocenters. The van der Waals surface area contributed by atoms with Gasteiger partial charge in [-0.25, -0.2) is 4.39 Å². The van der Waals surface area contributed by atoms with E-state index in [2.05, 4.69) is 29.4 Å². The second-order valence-electron chi connectivity index (χ2n) is 10.3. The largest absolute Gasteiger partial charge is 0.339 e. The molecule has 0 unspecified atom stereocenters. The minimum Gasteiger partial charge on any atom is -0.339 e. The Morgan fingerprint density at radius 3 is 2.32 bits per heavy atom. The molecule has 0 saturated carbocycles. The predicted octanol–water partition coefficient (Wildman–Crippen LogP) is 6.29. The number of amides is 1. The van der Waals surface area contributed by atoms with Crippen molar-refractivity contribution in [3.63, 3.8) is 0 Å². The van der Waals surface area contributed by atoms with Crippen LogP contribution < -0.4 is 0 Å². The number of ketones is 1. The van der Waals surface area contributed by atoms with Crippen molar-refractivity contribution >= 4 is 11.7 Å². The minimum atomic E-state index is -0.424. The summed E-state index contributed by atoms with van der Waals surface area (Å²) in [5, 5.41) is 4.25. The number of carbonyl (C=O) groups excluding carboxylic acids is 2. The van der Waals surface area contributed by atoms with Crippen molar-refractivity contribution in [3.05, 3.63) is 112 Å². The van der Waals surface area contributed by atoms with Gasteiger partial charge >= 0.3 is 0 Å². The minimum absolute atomic E-state index is 0.00832. The second-order valence-corrected chi connectivity index (χ2v) is 10.3. The molecule has 1 aliphatic rings. The van der Waals surface area contributed by atoms with E-state index in [9.17, 15) is 14.0 Å². The number of rotatable bonds is 6. The summed E-state index contributed by atoms with van der Waals surface area (Å²) < 4.78 is 15.5. The van der Waals surface area contributed by atoms with Gasteiger partial charge in [-0.15, -0.1) is 0 Å². The first kappa shape index (κ1) is 25.6. The summed E-state index contributed by atoms with van der Waals surface area (Å²) in [5.41, 5.74) is 7.01. The molecule has 1 saturated heterocycles. The van der Waals surface area contributed by atoms with Gasteiger partial charge in [0.25, 0.3) is 5.91 Å². The number of likely N-dealkylation sites (tertiary alicyclic amines) is 1. The maximum absolute atomic E-state index is 13.7. The number of aryl methyl sites for hydroxylation is 3. The van der Waals surface area contributed by atoms with Gasteiger partial charge < -0.3 is 4.90 Å². The van der Waals surface area contributed by atoms with E-state index < -0.39 is 5.82 Å². The number of aromatic nitrogens is 2. The van der Waals surface area contributed by atoms with Crippen molar-refractivity contribution in [1.82, 2.24) is 14.7 Å². The smallest absolute Gasteiger partial charge is 0.253 e. The summed E-state index contributed by atoms with van der Waals surface area (Å²) in [4.78, 5) is 28.2. The zero-order valence-corrected chi connectivity index (χ0v) is 22.1. The third kappa shape index (κ3) is 5.44. The van der Waals surface area contributed by atoms with E-state index in [1.807, 2.05) is 49.5 Å². The Kier molecular flexibility index (Phi) is 7.23. The fourth-order valence-electron chi connectivity index (χ4n) is 5.27. The first-order chi connectivity index (χ1) is 18.3. The Morgan fingerprint density at radius 2 is 1.63 bits per heavy atom. The van der Waals surface area contributed by atoms with Crippen LogP contribution in [-0.4, -0.2) is 39.5 Å². The van der Waals surface area contributed by atoms with Crippen LogP contribution in [0.4, 0.5) is 4.39 Å². The third-order valence-electron chi connectivity index (χ3n) is 7.65. The SMILES string of the molecule is Cc1ccc(C(=O)N2CCC(c3ccc(-c4cnn(C)c4)cc3)CC2)cc1CC(=O)c1cc(F)ccc1C. The van der Waals surface area contributed by atoms with Crippen molar-refractivity contribution in [1.29, 1.82) is 0 Å². The fourth-order valence-corrected chi connectivity index (χ4v) is 5.27. The number of hydrogen-bond acceptors (Lipinski definition) is 3. The van der Waals surface area contributed by atoms with Crippen LogP contribution in [0.1, 0.15) is 61.7 Å². The Morgan fingerprint density at radius 1 is 0.921 bits per heavy atom. The molecule has 0 aliphatic carbocycles. The molecule has 0 N–H and O–H groups in total. The van der Waals surface area contributed by atoms with E-state index in [1.165, 1.54) is 17.7 Å². The van der Waals surface area contributed by atoms with Crippen molar-refractivity contribution < 1.29 is 14.0 Å². The van der Waals surface area contributed by atoms with Crippen LogP contribution in [-0.2, 0) is 13.5 Å². The highest BCUT2D eigenvalue weighted by Gasteiger charge is 2.25. The van der Waals surface area contributed by atoms with Crippen molar-refractivity contribution in [2.75, 3.05) is 13.1 Å². The summed E-state index contributed by atoms with van der Waals surface area (Å²) in [6, 6.07) is 18.5. The summed E-state index contributed by atoms with van der Waals surface area (Å²) in [6.45, 7) is 5.12. The summed E-state index contributed by atoms with van der Waals surface area (Å²) in [7, 11) is 1.91. The molecule has 1 fully saturated rings. The highest BCUT2D eigenvalue weighted by atomic mass is 19.1. The van der Waals surface area contributed by atoms with E-state index in [4.69, 9.17) is 0 Å². The molecular formula is C32H32FN3O2. The lowest BCUT2D eigenvalue weighted by atomic mass is 9.88. The molecule has 38 heavy (non-hydrogen) atoms. The molecule has 3 aromatic carbocycles. The maximum atomic E-state index is 13.7. The number of carbonyl (C=O) groups is 2. The topological polar surface area (TPSA) is 55.2 Å². The molecule has 5 nitrogen and oxygen atoms in total. The molecule has 0 radical (unpaired) electrons. The third-order valence-corrected chi connectivity index (χ3v) is 7.65. The van der Waals surface area contributed by atoms with Crippen molar-refractivity contribution in [3.8, 4) is 11.1 Å². The van der Waals surface area contributed by atoms with Gasteiger partial charge in [0.05, 0.1) is 6.20 Å². The van der Waals surface area contributed by atoms with Crippen LogP contribution in [0.15, 0.2) is 73.1 Å². The van der Waals surface area contributed by atoms with Gasteiger partial charge in [0.15, 0.2) is 5.78 Å². The lowest BCUT2D eigenvalue weighted by Crippen LogP contribution is -2.38. The number of Topliss-reactive ketones (excluding diaryl/α,β-unsaturated/α-hetero) is 1. The zero-order valence-electron chi connectivity index (χ0n) is 22.1. The molecule has 6 heteroatoms. The molecule has 5 rings (SSSR count). The molecular weight excluding hydrogens is 477 g/mol. The normalized spacial score (nSPS) is 14.1. The van der Waals surface area contributed by atoms with Crippen LogP contribution in [0, 0.1) is 19.7 Å². The Hall–Kier alpha value is -4.06. The average molecular weight is 510 g/mol. The van der Waals surface area contributed by atoms with Gasteiger partial charge in [-0.3, -0.25) is 14.3 Å². The Balaban J connectivity index is 1.23. The highest BCUT2D eigenvalue weighted by molar-refractivity contribution is 5.99. The maximum Gasteiger partial charge on any atom is 0.253 e. The fraction of sp³-hybridized carbons (Fsp3) is 0.281. The Labute approximate surface area is 222 Å². The standard InChI is InChI=1S/C32H32FN3O2/c1-21-4-6-26(16-27(21)17-31(37)30-18-29(33)11-5-22(30)2)32(38)36-14-12-25(13-15-36)23-7-9-24(10-8-23)28-19-34-35(3)20-28/h4-11,16,18-20,25H,12-15,17H2,1-3H3. The monoisotopic (exact) mass is 509 g/mol. The second kappa shape index (κ2) is 10.7. The summed E-state index contributed by atoms with van der Waals surface area (Å²) >= 11 is 0.